The van der Waals surface area contributed by atoms with Crippen LogP contribution in [0.5, 0.6) is 0 Å². The second-order valence-electron chi connectivity index (χ2n) is 10.3. The molecule has 6 nitrogen and oxygen atoms in total. The van der Waals surface area contributed by atoms with Gasteiger partial charge in [-0.1, -0.05) is 12.1 Å². The molecule has 0 radical (unpaired) electrons. The third kappa shape index (κ3) is 4.32. The van der Waals surface area contributed by atoms with Gasteiger partial charge in [-0.2, -0.15) is 18.3 Å². The summed E-state index contributed by atoms with van der Waals surface area (Å²) in [6.07, 6.45) is -0.460. The number of hydrogen-bond donors (Lipinski definition) is 0. The van der Waals surface area contributed by atoms with E-state index in [-0.39, 0.29) is 17.4 Å². The number of alkyl halides is 3. The molecule has 5 rings (SSSR count). The molecule has 2 atom stereocenters. The summed E-state index contributed by atoms with van der Waals surface area (Å²) < 4.78 is 64.1. The second-order valence-corrected chi connectivity index (χ2v) is 12.4. The number of benzene rings is 1. The topological polar surface area (TPSA) is 68.1 Å². The first-order chi connectivity index (χ1) is 15.4. The summed E-state index contributed by atoms with van der Waals surface area (Å²) in [5.41, 5.74) is -0.146. The van der Waals surface area contributed by atoms with Gasteiger partial charge in [-0.3, -0.25) is 4.90 Å². The van der Waals surface area contributed by atoms with Gasteiger partial charge in [-0.15, -0.1) is 0 Å². The molecule has 3 heterocycles. The van der Waals surface area contributed by atoms with E-state index < -0.39 is 21.6 Å². The van der Waals surface area contributed by atoms with Gasteiger partial charge in [0.05, 0.1) is 17.1 Å². The number of hydrogen-bond acceptors (Lipinski definition) is 5. The molecule has 33 heavy (non-hydrogen) atoms. The Morgan fingerprint density at radius 1 is 1.12 bits per heavy atom. The Kier molecular flexibility index (Phi) is 5.39. The van der Waals surface area contributed by atoms with E-state index >= 15 is 0 Å². The Balaban J connectivity index is 1.32. The molecule has 180 valence electrons. The maximum absolute atomic E-state index is 12.9. The van der Waals surface area contributed by atoms with Crippen molar-refractivity contribution >= 4 is 9.84 Å². The molecular weight excluding hydrogens is 453 g/mol. The zero-order valence-electron chi connectivity index (χ0n) is 18.8. The van der Waals surface area contributed by atoms with Crippen LogP contribution in [0.15, 0.2) is 24.3 Å². The van der Waals surface area contributed by atoms with E-state index in [1.165, 1.54) is 12.1 Å². The van der Waals surface area contributed by atoms with E-state index in [1.807, 2.05) is 18.5 Å². The molecule has 2 aliphatic heterocycles. The number of likely N-dealkylation sites (tertiary alicyclic amines) is 1. The largest absolute Gasteiger partial charge is 0.416 e. The summed E-state index contributed by atoms with van der Waals surface area (Å²) >= 11 is 0. The van der Waals surface area contributed by atoms with Crippen molar-refractivity contribution in [3.05, 3.63) is 35.7 Å². The van der Waals surface area contributed by atoms with Crippen molar-refractivity contribution in [1.29, 1.82) is 0 Å². The molecule has 1 aromatic carbocycles. The number of rotatable bonds is 4. The predicted octanol–water partition coefficient (Wildman–Crippen LogP) is 4.30. The van der Waals surface area contributed by atoms with E-state index in [9.17, 15) is 21.6 Å². The van der Waals surface area contributed by atoms with Gasteiger partial charge in [-0.25, -0.2) is 18.1 Å². The van der Waals surface area contributed by atoms with Gasteiger partial charge in [0.1, 0.15) is 5.82 Å². The van der Waals surface area contributed by atoms with Gasteiger partial charge in [0.2, 0.25) is 0 Å². The van der Waals surface area contributed by atoms with Crippen LogP contribution in [0, 0.1) is 5.41 Å². The van der Waals surface area contributed by atoms with Crippen LogP contribution in [0.4, 0.5) is 13.2 Å². The van der Waals surface area contributed by atoms with Crippen molar-refractivity contribution in [2.75, 3.05) is 24.6 Å². The molecule has 2 aromatic rings. The Labute approximate surface area is 192 Å². The summed E-state index contributed by atoms with van der Waals surface area (Å²) in [5.74, 6) is 2.23. The van der Waals surface area contributed by atoms with Gasteiger partial charge in [0, 0.05) is 35.5 Å². The molecule has 2 saturated heterocycles. The van der Waals surface area contributed by atoms with Crippen LogP contribution >= 0.6 is 0 Å². The van der Waals surface area contributed by atoms with Gasteiger partial charge in [0.15, 0.2) is 15.7 Å². The highest BCUT2D eigenvalue weighted by Crippen LogP contribution is 2.45. The minimum atomic E-state index is -4.37. The van der Waals surface area contributed by atoms with Crippen LogP contribution in [0.25, 0.3) is 11.4 Å². The summed E-state index contributed by atoms with van der Waals surface area (Å²) in [5, 5.41) is 4.64. The summed E-state index contributed by atoms with van der Waals surface area (Å²) in [6.45, 7) is 5.86. The third-order valence-corrected chi connectivity index (χ3v) is 9.53. The van der Waals surface area contributed by atoms with Crippen LogP contribution in [0.1, 0.15) is 62.9 Å². The summed E-state index contributed by atoms with van der Waals surface area (Å²) in [7, 11) is -2.83. The lowest BCUT2D eigenvalue weighted by atomic mass is 9.91. The third-order valence-electron chi connectivity index (χ3n) is 7.42. The number of nitrogens with zero attached hydrogens (tertiary/aromatic N) is 4. The first-order valence-electron chi connectivity index (χ1n) is 11.5. The van der Waals surface area contributed by atoms with E-state index in [1.54, 1.807) is 0 Å². The standard InChI is InChI=1S/C23H29F3N4O2S/c1-15(2)30-21(27-20(28-30)16-3-6-18(7-4-16)23(24,25)26)17-5-8-19(11-17)29-10-9-22(12-29)13-33(31,32)14-22/h3-4,6-7,15,17,19H,5,8-14H2,1-2H3/t17?,19-/m0/s1. The minimum absolute atomic E-state index is 0.0371. The van der Waals surface area contributed by atoms with E-state index in [0.29, 0.717) is 28.9 Å². The molecule has 1 aliphatic carbocycles. The van der Waals surface area contributed by atoms with E-state index in [4.69, 9.17) is 4.98 Å². The zero-order chi connectivity index (χ0) is 23.6. The van der Waals surface area contributed by atoms with Gasteiger partial charge in [0.25, 0.3) is 0 Å². The van der Waals surface area contributed by atoms with Crippen molar-refractivity contribution in [2.45, 2.75) is 63.7 Å². The summed E-state index contributed by atoms with van der Waals surface area (Å²) in [4.78, 5) is 7.24. The maximum atomic E-state index is 12.9. The molecule has 10 heteroatoms. The van der Waals surface area contributed by atoms with Crippen LogP contribution in [-0.4, -0.2) is 58.7 Å². The molecule has 1 aromatic heterocycles. The second kappa shape index (κ2) is 7.80. The minimum Gasteiger partial charge on any atom is -0.300 e. The lowest BCUT2D eigenvalue weighted by Crippen LogP contribution is -2.50. The van der Waals surface area contributed by atoms with Crippen LogP contribution in [0.2, 0.25) is 0 Å². The molecule has 1 spiro atoms. The maximum Gasteiger partial charge on any atom is 0.416 e. The van der Waals surface area contributed by atoms with Crippen LogP contribution < -0.4 is 0 Å². The molecular formula is C23H29F3N4O2S. The fourth-order valence-corrected chi connectivity index (χ4v) is 8.11. The molecule has 3 fully saturated rings. The van der Waals surface area contributed by atoms with Crippen molar-refractivity contribution in [3.63, 3.8) is 0 Å². The molecule has 0 amide bonds. The average molecular weight is 483 g/mol. The molecule has 3 aliphatic rings. The monoisotopic (exact) mass is 482 g/mol. The Hall–Kier alpha value is -1.94. The quantitative estimate of drug-likeness (QED) is 0.650. The number of halogens is 3. The van der Waals surface area contributed by atoms with Gasteiger partial charge >= 0.3 is 6.18 Å². The fourth-order valence-electron chi connectivity index (χ4n) is 5.86. The summed E-state index contributed by atoms with van der Waals surface area (Å²) in [6, 6.07) is 5.50. The van der Waals surface area contributed by atoms with Gasteiger partial charge in [-0.05, 0) is 58.2 Å². The Morgan fingerprint density at radius 3 is 2.42 bits per heavy atom. The lowest BCUT2D eigenvalue weighted by Gasteiger charge is -2.38. The fraction of sp³-hybridized carbons (Fsp3) is 0.652. The SMILES string of the molecule is CC(C)n1nc(-c2ccc(C(F)(F)F)cc2)nc1C1CC[C@H](N2CCC3(C2)CS(=O)(=O)C3)C1. The highest BCUT2D eigenvalue weighted by molar-refractivity contribution is 7.92. The molecule has 1 saturated carbocycles. The molecule has 0 N–H and O–H groups in total. The first-order valence-corrected chi connectivity index (χ1v) is 13.4. The highest BCUT2D eigenvalue weighted by atomic mass is 32.2. The van der Waals surface area contributed by atoms with Crippen molar-refractivity contribution in [2.24, 2.45) is 5.41 Å². The van der Waals surface area contributed by atoms with Crippen molar-refractivity contribution in [3.8, 4) is 11.4 Å². The Bertz CT molecular complexity index is 1130. The molecule has 1 unspecified atom stereocenters. The van der Waals surface area contributed by atoms with Crippen molar-refractivity contribution in [1.82, 2.24) is 19.7 Å². The number of aromatic nitrogens is 3. The zero-order valence-corrected chi connectivity index (χ0v) is 19.7. The van der Waals surface area contributed by atoms with Crippen molar-refractivity contribution < 1.29 is 21.6 Å². The molecule has 0 bridgehead atoms. The smallest absolute Gasteiger partial charge is 0.300 e. The van der Waals surface area contributed by atoms with E-state index in [2.05, 4.69) is 10.00 Å². The normalized spacial score (nSPS) is 26.8. The average Bonchev–Trinajstić information content (AvgIpc) is 3.44. The number of sulfone groups is 1. The van der Waals surface area contributed by atoms with E-state index in [0.717, 1.165) is 56.7 Å². The lowest BCUT2D eigenvalue weighted by molar-refractivity contribution is -0.137. The first kappa shape index (κ1) is 22.8. The highest BCUT2D eigenvalue weighted by Gasteiger charge is 2.53. The Morgan fingerprint density at radius 2 is 1.82 bits per heavy atom. The van der Waals surface area contributed by atoms with Gasteiger partial charge < -0.3 is 0 Å². The van der Waals surface area contributed by atoms with Crippen LogP contribution in [-0.2, 0) is 16.0 Å². The van der Waals surface area contributed by atoms with Crippen LogP contribution in [0.3, 0.4) is 0 Å². The predicted molar refractivity (Wildman–Crippen MR) is 119 cm³/mol.